The van der Waals surface area contributed by atoms with Crippen LogP contribution in [-0.4, -0.2) is 20.1 Å². The van der Waals surface area contributed by atoms with Gasteiger partial charge < -0.3 is 5.32 Å². The number of halogens is 3. The summed E-state index contributed by atoms with van der Waals surface area (Å²) in [5, 5.41) is 2.77. The van der Waals surface area contributed by atoms with E-state index in [9.17, 15) is 26.4 Å². The number of nitrogens with one attached hydrogen (secondary N) is 1. The minimum atomic E-state index is -4.65. The van der Waals surface area contributed by atoms with Gasteiger partial charge in [0.05, 0.1) is 10.5 Å². The highest BCUT2D eigenvalue weighted by Crippen LogP contribution is 2.38. The van der Waals surface area contributed by atoms with E-state index in [0.717, 1.165) is 73.5 Å². The number of amides is 1. The number of hydrogen-bond donors (Lipinski definition) is 1. The van der Waals surface area contributed by atoms with Gasteiger partial charge >= 0.3 is 6.18 Å². The molecule has 0 saturated carbocycles. The van der Waals surface area contributed by atoms with Gasteiger partial charge in [0.1, 0.15) is 5.75 Å². The lowest BCUT2D eigenvalue weighted by molar-refractivity contribution is -0.137. The molecule has 0 unspecified atom stereocenters. The maximum Gasteiger partial charge on any atom is 0.416 e. The molecular formula is C21H20F3NO3S. The first-order valence-electron chi connectivity index (χ1n) is 9.51. The SMILES string of the molecule is O=C(CS(=O)(=O)c1cccc(C(F)(F)F)c1)Nc1c2c(cc3c1CCC3)CCC2. The number of carbonyl (C=O) groups excluding carboxylic acids is 1. The fourth-order valence-corrected chi connectivity index (χ4v) is 5.44. The molecule has 0 saturated heterocycles. The molecule has 0 radical (unpaired) electrons. The Balaban J connectivity index is 1.59. The van der Waals surface area contributed by atoms with Crippen molar-refractivity contribution in [3.05, 3.63) is 58.1 Å². The van der Waals surface area contributed by atoms with Crippen molar-refractivity contribution in [3.8, 4) is 0 Å². The van der Waals surface area contributed by atoms with Crippen LogP contribution in [0.4, 0.5) is 18.9 Å². The molecule has 2 aromatic carbocycles. The Kier molecular flexibility index (Phi) is 4.93. The third-order valence-corrected chi connectivity index (χ3v) is 7.19. The molecule has 0 aromatic heterocycles. The Morgan fingerprint density at radius 3 is 2.17 bits per heavy atom. The number of carbonyl (C=O) groups is 1. The summed E-state index contributed by atoms with van der Waals surface area (Å²) < 4.78 is 63.8. The first-order chi connectivity index (χ1) is 13.6. The molecule has 0 heterocycles. The van der Waals surface area contributed by atoms with Crippen molar-refractivity contribution in [2.75, 3.05) is 11.1 Å². The van der Waals surface area contributed by atoms with Crippen molar-refractivity contribution in [2.24, 2.45) is 0 Å². The molecule has 2 aliphatic rings. The molecule has 0 spiro atoms. The highest BCUT2D eigenvalue weighted by molar-refractivity contribution is 7.92. The monoisotopic (exact) mass is 423 g/mol. The van der Waals surface area contributed by atoms with Crippen molar-refractivity contribution in [1.29, 1.82) is 0 Å². The number of sulfone groups is 1. The summed E-state index contributed by atoms with van der Waals surface area (Å²) in [4.78, 5) is 12.1. The topological polar surface area (TPSA) is 63.2 Å². The van der Waals surface area contributed by atoms with E-state index in [0.29, 0.717) is 6.07 Å². The summed E-state index contributed by atoms with van der Waals surface area (Å²) in [6.07, 6.45) is 0.867. The van der Waals surface area contributed by atoms with Crippen LogP contribution in [0, 0.1) is 0 Å². The quantitative estimate of drug-likeness (QED) is 0.806. The molecule has 154 valence electrons. The van der Waals surface area contributed by atoms with Crippen LogP contribution in [0.2, 0.25) is 0 Å². The predicted octanol–water partition coefficient (Wildman–Crippen LogP) is 4.10. The average molecular weight is 423 g/mol. The molecule has 1 N–H and O–H groups in total. The maximum atomic E-state index is 12.9. The van der Waals surface area contributed by atoms with E-state index in [1.807, 2.05) is 0 Å². The van der Waals surface area contributed by atoms with Gasteiger partial charge in [0, 0.05) is 5.69 Å². The van der Waals surface area contributed by atoms with Gasteiger partial charge in [-0.25, -0.2) is 8.42 Å². The van der Waals surface area contributed by atoms with Crippen LogP contribution in [0.3, 0.4) is 0 Å². The molecule has 4 rings (SSSR count). The Morgan fingerprint density at radius 1 is 0.966 bits per heavy atom. The van der Waals surface area contributed by atoms with E-state index in [1.165, 1.54) is 11.1 Å². The van der Waals surface area contributed by atoms with Crippen LogP contribution in [0.1, 0.15) is 40.7 Å². The largest absolute Gasteiger partial charge is 0.416 e. The molecule has 2 aromatic rings. The van der Waals surface area contributed by atoms with Crippen LogP contribution in [0.25, 0.3) is 0 Å². The minimum Gasteiger partial charge on any atom is -0.325 e. The van der Waals surface area contributed by atoms with Gasteiger partial charge in [-0.2, -0.15) is 13.2 Å². The third-order valence-electron chi connectivity index (χ3n) is 5.58. The molecule has 0 fully saturated rings. The molecule has 0 bridgehead atoms. The van der Waals surface area contributed by atoms with Gasteiger partial charge in [-0.15, -0.1) is 0 Å². The second-order valence-electron chi connectivity index (χ2n) is 7.57. The van der Waals surface area contributed by atoms with Crippen molar-refractivity contribution < 1.29 is 26.4 Å². The fraction of sp³-hybridized carbons (Fsp3) is 0.381. The van der Waals surface area contributed by atoms with Crippen molar-refractivity contribution in [2.45, 2.75) is 49.6 Å². The van der Waals surface area contributed by atoms with Gasteiger partial charge in [-0.1, -0.05) is 12.1 Å². The average Bonchev–Trinajstić information content (AvgIpc) is 3.29. The second kappa shape index (κ2) is 7.16. The Morgan fingerprint density at radius 2 is 1.59 bits per heavy atom. The first-order valence-corrected chi connectivity index (χ1v) is 11.2. The summed E-state index contributed by atoms with van der Waals surface area (Å²) in [5.74, 6) is -1.62. The molecule has 0 atom stereocenters. The van der Waals surface area contributed by atoms with Crippen LogP contribution in [0.5, 0.6) is 0 Å². The molecular weight excluding hydrogens is 403 g/mol. The first kappa shape index (κ1) is 19.9. The number of rotatable bonds is 4. The van der Waals surface area contributed by atoms with Crippen LogP contribution < -0.4 is 5.32 Å². The Labute approximate surface area is 167 Å². The number of anilines is 1. The summed E-state index contributed by atoms with van der Waals surface area (Å²) >= 11 is 0. The molecule has 29 heavy (non-hydrogen) atoms. The number of benzene rings is 2. The Bertz CT molecular complexity index is 1060. The van der Waals surface area contributed by atoms with Crippen molar-refractivity contribution in [1.82, 2.24) is 0 Å². The zero-order valence-electron chi connectivity index (χ0n) is 15.6. The van der Waals surface area contributed by atoms with Crippen LogP contribution in [-0.2, 0) is 46.5 Å². The van der Waals surface area contributed by atoms with Gasteiger partial charge in [-0.05, 0) is 79.0 Å². The number of hydrogen-bond acceptors (Lipinski definition) is 3. The summed E-state index contributed by atoms with van der Waals surface area (Å²) in [6, 6.07) is 5.68. The third kappa shape index (κ3) is 3.90. The van der Waals surface area contributed by atoms with Crippen molar-refractivity contribution >= 4 is 21.4 Å². The highest BCUT2D eigenvalue weighted by atomic mass is 32.2. The van der Waals surface area contributed by atoms with E-state index in [2.05, 4.69) is 11.4 Å². The van der Waals surface area contributed by atoms with E-state index in [1.54, 1.807) is 0 Å². The highest BCUT2D eigenvalue weighted by Gasteiger charge is 2.32. The number of fused-ring (bicyclic) bond motifs is 2. The lowest BCUT2D eigenvalue weighted by Crippen LogP contribution is -2.24. The number of alkyl halides is 3. The Hall–Kier alpha value is -2.35. The van der Waals surface area contributed by atoms with E-state index < -0.39 is 38.1 Å². The predicted molar refractivity (Wildman–Crippen MR) is 103 cm³/mol. The molecule has 2 aliphatic carbocycles. The van der Waals surface area contributed by atoms with Gasteiger partial charge in [-0.3, -0.25) is 4.79 Å². The molecule has 0 aliphatic heterocycles. The zero-order valence-corrected chi connectivity index (χ0v) is 16.4. The summed E-state index contributed by atoms with van der Waals surface area (Å²) in [5.41, 5.74) is 4.18. The standard InChI is InChI=1S/C21H20F3NO3S/c22-21(23,24)15-6-3-7-16(11-15)29(27,28)12-19(26)25-20-17-8-1-4-13(17)10-14-5-2-9-18(14)20/h3,6-7,10-11H,1-2,4-5,8-9,12H2,(H,25,26). The zero-order chi connectivity index (χ0) is 20.8. The van der Waals surface area contributed by atoms with E-state index >= 15 is 0 Å². The van der Waals surface area contributed by atoms with Crippen LogP contribution >= 0.6 is 0 Å². The van der Waals surface area contributed by atoms with Crippen LogP contribution in [0.15, 0.2) is 35.2 Å². The molecule has 4 nitrogen and oxygen atoms in total. The van der Waals surface area contributed by atoms with Gasteiger partial charge in [0.2, 0.25) is 5.91 Å². The minimum absolute atomic E-state index is 0.508. The van der Waals surface area contributed by atoms with E-state index in [4.69, 9.17) is 0 Å². The summed E-state index contributed by atoms with van der Waals surface area (Å²) in [6.45, 7) is 0. The van der Waals surface area contributed by atoms with Gasteiger partial charge in [0.15, 0.2) is 9.84 Å². The normalized spacial score (nSPS) is 15.8. The lowest BCUT2D eigenvalue weighted by Gasteiger charge is -2.16. The second-order valence-corrected chi connectivity index (χ2v) is 9.56. The van der Waals surface area contributed by atoms with Gasteiger partial charge in [0.25, 0.3) is 0 Å². The van der Waals surface area contributed by atoms with E-state index in [-0.39, 0.29) is 0 Å². The summed E-state index contributed by atoms with van der Waals surface area (Å²) in [7, 11) is -4.20. The maximum absolute atomic E-state index is 12.9. The smallest absolute Gasteiger partial charge is 0.325 e. The molecule has 8 heteroatoms. The lowest BCUT2D eigenvalue weighted by atomic mass is 9.98. The number of aryl methyl sites for hydroxylation is 2. The fourth-order valence-electron chi connectivity index (χ4n) is 4.26. The van der Waals surface area contributed by atoms with Crippen molar-refractivity contribution in [3.63, 3.8) is 0 Å². The molecule has 1 amide bonds.